The van der Waals surface area contributed by atoms with Gasteiger partial charge in [-0.05, 0) is 49.7 Å². The number of benzene rings is 1. The highest BCUT2D eigenvalue weighted by atomic mass is 35.5. The monoisotopic (exact) mass is 312 g/mol. The van der Waals surface area contributed by atoms with Crippen molar-refractivity contribution in [2.45, 2.75) is 20.4 Å². The summed E-state index contributed by atoms with van der Waals surface area (Å²) < 4.78 is 2.21. The number of hydrogen-bond acceptors (Lipinski definition) is 3. The van der Waals surface area contributed by atoms with Gasteiger partial charge in [0.05, 0.1) is 11.4 Å². The van der Waals surface area contributed by atoms with Gasteiger partial charge in [-0.3, -0.25) is 0 Å². The fourth-order valence-electron chi connectivity index (χ4n) is 2.65. The molecule has 22 heavy (non-hydrogen) atoms. The summed E-state index contributed by atoms with van der Waals surface area (Å²) in [5.74, 6) is 0.279. The average Bonchev–Trinajstić information content (AvgIpc) is 2.93. The molecule has 0 atom stereocenters. The standard InChI is InChI=1S/C17H17ClN4/c1-3-22-15(13-10-12(18)5-4-11(13)2)6-7-16(22)14-8-9-20-17(19)21-14/h4-10H,3H2,1-2H3,(H2,19,20,21). The molecule has 0 bridgehead atoms. The van der Waals surface area contributed by atoms with Crippen molar-refractivity contribution in [3.63, 3.8) is 0 Å². The minimum absolute atomic E-state index is 0.279. The molecule has 2 heterocycles. The fourth-order valence-corrected chi connectivity index (χ4v) is 2.83. The van der Waals surface area contributed by atoms with Gasteiger partial charge in [0.15, 0.2) is 0 Å². The van der Waals surface area contributed by atoms with E-state index in [0.29, 0.717) is 0 Å². The predicted molar refractivity (Wildman–Crippen MR) is 90.7 cm³/mol. The minimum atomic E-state index is 0.279. The van der Waals surface area contributed by atoms with E-state index in [-0.39, 0.29) is 5.95 Å². The van der Waals surface area contributed by atoms with Crippen molar-refractivity contribution in [2.24, 2.45) is 0 Å². The van der Waals surface area contributed by atoms with Crippen LogP contribution in [0.5, 0.6) is 0 Å². The Balaban J connectivity index is 2.17. The second-order valence-corrected chi connectivity index (χ2v) is 5.54. The Bertz CT molecular complexity index is 823. The van der Waals surface area contributed by atoms with Crippen LogP contribution in [0.2, 0.25) is 5.02 Å². The van der Waals surface area contributed by atoms with Gasteiger partial charge in [-0.1, -0.05) is 17.7 Å². The maximum atomic E-state index is 6.16. The first-order valence-corrected chi connectivity index (χ1v) is 7.53. The van der Waals surface area contributed by atoms with Crippen molar-refractivity contribution in [3.05, 3.63) is 53.2 Å². The van der Waals surface area contributed by atoms with Crippen molar-refractivity contribution >= 4 is 17.5 Å². The largest absolute Gasteiger partial charge is 0.368 e. The number of aromatic nitrogens is 3. The fraction of sp³-hybridized carbons (Fsp3) is 0.176. The lowest BCUT2D eigenvalue weighted by Gasteiger charge is -2.13. The van der Waals surface area contributed by atoms with Crippen molar-refractivity contribution in [2.75, 3.05) is 5.73 Å². The number of nitrogens with zero attached hydrogens (tertiary/aromatic N) is 3. The maximum Gasteiger partial charge on any atom is 0.220 e. The SMILES string of the molecule is CCn1c(-c2ccnc(N)n2)ccc1-c1cc(Cl)ccc1C. The summed E-state index contributed by atoms with van der Waals surface area (Å²) in [6.07, 6.45) is 1.68. The van der Waals surface area contributed by atoms with Crippen LogP contribution in [0.4, 0.5) is 5.95 Å². The summed E-state index contributed by atoms with van der Waals surface area (Å²) >= 11 is 6.16. The lowest BCUT2D eigenvalue weighted by Crippen LogP contribution is -2.03. The van der Waals surface area contributed by atoms with Crippen LogP contribution in [0.3, 0.4) is 0 Å². The van der Waals surface area contributed by atoms with Gasteiger partial charge in [-0.15, -0.1) is 0 Å². The highest BCUT2D eigenvalue weighted by molar-refractivity contribution is 6.30. The normalized spacial score (nSPS) is 10.9. The lowest BCUT2D eigenvalue weighted by molar-refractivity contribution is 0.781. The lowest BCUT2D eigenvalue weighted by atomic mass is 10.1. The predicted octanol–water partition coefficient (Wildman–Crippen LogP) is 4.18. The van der Waals surface area contributed by atoms with Gasteiger partial charge in [-0.25, -0.2) is 9.97 Å². The van der Waals surface area contributed by atoms with Crippen LogP contribution in [0.15, 0.2) is 42.6 Å². The van der Waals surface area contributed by atoms with Crippen LogP contribution >= 0.6 is 11.6 Å². The number of nitrogen functional groups attached to an aromatic ring is 1. The molecular weight excluding hydrogens is 296 g/mol. The molecule has 0 fully saturated rings. The molecule has 0 amide bonds. The maximum absolute atomic E-state index is 6.16. The first-order valence-electron chi connectivity index (χ1n) is 7.15. The van der Waals surface area contributed by atoms with Crippen LogP contribution in [-0.2, 0) is 6.54 Å². The molecule has 1 aromatic carbocycles. The van der Waals surface area contributed by atoms with Gasteiger partial charge >= 0.3 is 0 Å². The molecule has 5 heteroatoms. The summed E-state index contributed by atoms with van der Waals surface area (Å²) in [4.78, 5) is 8.27. The smallest absolute Gasteiger partial charge is 0.220 e. The third kappa shape index (κ3) is 2.57. The molecule has 0 saturated carbocycles. The minimum Gasteiger partial charge on any atom is -0.368 e. The molecule has 0 saturated heterocycles. The van der Waals surface area contributed by atoms with E-state index in [1.165, 1.54) is 5.56 Å². The summed E-state index contributed by atoms with van der Waals surface area (Å²) in [5, 5.41) is 0.734. The second-order valence-electron chi connectivity index (χ2n) is 5.11. The van der Waals surface area contributed by atoms with E-state index in [4.69, 9.17) is 17.3 Å². The summed E-state index contributed by atoms with van der Waals surface area (Å²) in [6, 6.07) is 12.0. The van der Waals surface area contributed by atoms with Crippen LogP contribution in [0, 0.1) is 6.92 Å². The number of hydrogen-bond donors (Lipinski definition) is 1. The highest BCUT2D eigenvalue weighted by Gasteiger charge is 2.13. The third-order valence-electron chi connectivity index (χ3n) is 3.71. The third-order valence-corrected chi connectivity index (χ3v) is 3.94. The Morgan fingerprint density at radius 3 is 2.64 bits per heavy atom. The molecule has 0 aliphatic heterocycles. The molecule has 2 N–H and O–H groups in total. The van der Waals surface area contributed by atoms with E-state index in [1.807, 2.05) is 24.3 Å². The van der Waals surface area contributed by atoms with E-state index in [9.17, 15) is 0 Å². The van der Waals surface area contributed by atoms with E-state index in [0.717, 1.165) is 34.2 Å². The molecule has 3 aromatic rings. The van der Waals surface area contributed by atoms with Gasteiger partial charge in [0.2, 0.25) is 5.95 Å². The van der Waals surface area contributed by atoms with Crippen LogP contribution in [0.1, 0.15) is 12.5 Å². The Morgan fingerprint density at radius 1 is 1.14 bits per heavy atom. The van der Waals surface area contributed by atoms with Crippen LogP contribution in [0.25, 0.3) is 22.6 Å². The number of aryl methyl sites for hydroxylation is 1. The molecule has 0 aliphatic carbocycles. The quantitative estimate of drug-likeness (QED) is 0.789. The zero-order chi connectivity index (χ0) is 15.7. The molecule has 3 rings (SSSR count). The van der Waals surface area contributed by atoms with Gasteiger partial charge < -0.3 is 10.3 Å². The van der Waals surface area contributed by atoms with Crippen molar-refractivity contribution in [1.29, 1.82) is 0 Å². The van der Waals surface area contributed by atoms with E-state index in [2.05, 4.69) is 40.5 Å². The molecule has 0 spiro atoms. The number of anilines is 1. The molecule has 2 aromatic heterocycles. The molecule has 0 unspecified atom stereocenters. The first kappa shape index (κ1) is 14.6. The van der Waals surface area contributed by atoms with Gasteiger partial charge in [0, 0.05) is 29.0 Å². The molecule has 0 radical (unpaired) electrons. The molecule has 0 aliphatic rings. The Kier molecular flexibility index (Phi) is 3.86. The van der Waals surface area contributed by atoms with Crippen molar-refractivity contribution in [1.82, 2.24) is 14.5 Å². The Morgan fingerprint density at radius 2 is 1.91 bits per heavy atom. The number of halogens is 1. The molecule has 4 nitrogen and oxygen atoms in total. The zero-order valence-electron chi connectivity index (χ0n) is 12.5. The average molecular weight is 313 g/mol. The van der Waals surface area contributed by atoms with Crippen LogP contribution in [-0.4, -0.2) is 14.5 Å². The Labute approximate surface area is 134 Å². The molecule has 112 valence electrons. The summed E-state index contributed by atoms with van der Waals surface area (Å²) in [7, 11) is 0. The number of rotatable bonds is 3. The van der Waals surface area contributed by atoms with Gasteiger partial charge in [0.1, 0.15) is 0 Å². The highest BCUT2D eigenvalue weighted by Crippen LogP contribution is 2.31. The van der Waals surface area contributed by atoms with E-state index < -0.39 is 0 Å². The first-order chi connectivity index (χ1) is 10.6. The van der Waals surface area contributed by atoms with Crippen molar-refractivity contribution < 1.29 is 0 Å². The zero-order valence-corrected chi connectivity index (χ0v) is 13.3. The van der Waals surface area contributed by atoms with Gasteiger partial charge in [-0.2, -0.15) is 0 Å². The molecular formula is C17H17ClN4. The summed E-state index contributed by atoms with van der Waals surface area (Å²) in [6.45, 7) is 5.02. The van der Waals surface area contributed by atoms with Gasteiger partial charge in [0.25, 0.3) is 0 Å². The van der Waals surface area contributed by atoms with Crippen molar-refractivity contribution in [3.8, 4) is 22.6 Å². The Hall–Kier alpha value is -2.33. The van der Waals surface area contributed by atoms with E-state index in [1.54, 1.807) is 6.20 Å². The van der Waals surface area contributed by atoms with Crippen LogP contribution < -0.4 is 5.73 Å². The summed E-state index contributed by atoms with van der Waals surface area (Å²) in [5.41, 5.74) is 11.0. The number of nitrogens with two attached hydrogens (primary N) is 1. The van der Waals surface area contributed by atoms with E-state index >= 15 is 0 Å². The topological polar surface area (TPSA) is 56.7 Å². The second kappa shape index (κ2) is 5.81.